The summed E-state index contributed by atoms with van der Waals surface area (Å²) in [5, 5.41) is 1.09. The summed E-state index contributed by atoms with van der Waals surface area (Å²) in [5.41, 5.74) is 0.874. The summed E-state index contributed by atoms with van der Waals surface area (Å²) in [6.45, 7) is 4.25. The van der Waals surface area contributed by atoms with Crippen LogP contribution in [0.25, 0.3) is 6.08 Å². The Morgan fingerprint density at radius 3 is 2.84 bits per heavy atom. The first-order valence-corrected chi connectivity index (χ1v) is 8.46. The van der Waals surface area contributed by atoms with Gasteiger partial charge in [-0.1, -0.05) is 31.0 Å². The Balaban J connectivity index is 2.42. The molecule has 0 amide bonds. The van der Waals surface area contributed by atoms with Gasteiger partial charge in [0, 0.05) is 11.4 Å². The summed E-state index contributed by atoms with van der Waals surface area (Å²) < 4.78 is 23.9. The highest BCUT2D eigenvalue weighted by atomic mass is 35.5. The molecule has 19 heavy (non-hydrogen) atoms. The van der Waals surface area contributed by atoms with Crippen LogP contribution in [0, 0.1) is 0 Å². The molecule has 3 nitrogen and oxygen atoms in total. The van der Waals surface area contributed by atoms with Crippen molar-refractivity contribution in [3.8, 4) is 0 Å². The van der Waals surface area contributed by atoms with Gasteiger partial charge in [0.2, 0.25) is 0 Å². The van der Waals surface area contributed by atoms with E-state index in [1.165, 1.54) is 0 Å². The molecular weight excluding hydrogens is 283 g/mol. The van der Waals surface area contributed by atoms with Gasteiger partial charge in [-0.2, -0.15) is 0 Å². The second kappa shape index (κ2) is 6.13. The van der Waals surface area contributed by atoms with Gasteiger partial charge >= 0.3 is 7.60 Å². The second-order valence-electron chi connectivity index (χ2n) is 4.42. The predicted octanol–water partition coefficient (Wildman–Crippen LogP) is 4.76. The quantitative estimate of drug-likeness (QED) is 0.736. The lowest BCUT2D eigenvalue weighted by molar-refractivity contribution is 0.254. The minimum Gasteiger partial charge on any atom is -0.426 e. The molecule has 0 aromatic heterocycles. The van der Waals surface area contributed by atoms with E-state index in [1.54, 1.807) is 19.1 Å². The highest BCUT2D eigenvalue weighted by Gasteiger charge is 2.35. The van der Waals surface area contributed by atoms with Crippen LogP contribution in [-0.4, -0.2) is 6.61 Å². The molecule has 1 aromatic rings. The number of fused-ring (bicyclic) bond motifs is 1. The maximum atomic E-state index is 12.8. The van der Waals surface area contributed by atoms with Crippen LogP contribution in [0.3, 0.4) is 0 Å². The van der Waals surface area contributed by atoms with Crippen molar-refractivity contribution in [2.75, 3.05) is 6.61 Å². The van der Waals surface area contributed by atoms with Gasteiger partial charge in [-0.15, -0.1) is 0 Å². The minimum atomic E-state index is -3.28. The number of halogens is 1. The third-order valence-corrected chi connectivity index (χ3v) is 5.20. The predicted molar refractivity (Wildman–Crippen MR) is 78.9 cm³/mol. The van der Waals surface area contributed by atoms with E-state index >= 15 is 0 Å². The van der Waals surface area contributed by atoms with Gasteiger partial charge < -0.3 is 4.52 Å². The van der Waals surface area contributed by atoms with Crippen molar-refractivity contribution in [1.82, 2.24) is 0 Å². The number of allylic oxidation sites excluding steroid dienone is 1. The molecule has 1 unspecified atom stereocenters. The lowest BCUT2D eigenvalue weighted by atomic mass is 10.1. The molecule has 1 aliphatic rings. The fraction of sp³-hybridized carbons (Fsp3) is 0.429. The largest absolute Gasteiger partial charge is 0.426 e. The van der Waals surface area contributed by atoms with E-state index in [2.05, 4.69) is 6.92 Å². The normalized spacial score (nSPS) is 21.5. The van der Waals surface area contributed by atoms with E-state index in [0.29, 0.717) is 16.9 Å². The molecule has 0 N–H and O–H groups in total. The first-order chi connectivity index (χ1) is 9.09. The first kappa shape index (κ1) is 14.6. The van der Waals surface area contributed by atoms with Gasteiger partial charge in [0.15, 0.2) is 0 Å². The van der Waals surface area contributed by atoms with Crippen molar-refractivity contribution in [3.63, 3.8) is 0 Å². The summed E-state index contributed by atoms with van der Waals surface area (Å²) in [4.78, 5) is 0. The monoisotopic (exact) mass is 300 g/mol. The molecule has 1 aromatic carbocycles. The fourth-order valence-corrected chi connectivity index (χ4v) is 4.10. The Morgan fingerprint density at radius 2 is 2.16 bits per heavy atom. The van der Waals surface area contributed by atoms with Crippen molar-refractivity contribution >= 4 is 30.6 Å². The average Bonchev–Trinajstić information content (AvgIpc) is 2.37. The van der Waals surface area contributed by atoms with Crippen molar-refractivity contribution in [1.29, 1.82) is 0 Å². The van der Waals surface area contributed by atoms with E-state index in [9.17, 15) is 4.57 Å². The van der Waals surface area contributed by atoms with Gasteiger partial charge in [0.05, 0.1) is 11.9 Å². The van der Waals surface area contributed by atoms with Crippen LogP contribution in [0.1, 0.15) is 38.7 Å². The molecule has 0 saturated heterocycles. The van der Waals surface area contributed by atoms with E-state index < -0.39 is 7.60 Å². The van der Waals surface area contributed by atoms with Crippen LogP contribution in [0.5, 0.6) is 0 Å². The number of rotatable bonds is 5. The summed E-state index contributed by atoms with van der Waals surface area (Å²) in [6, 6.07) is 5.31. The molecule has 5 heteroatoms. The molecular formula is C14H18ClO3P. The standard InChI is InChI=1S/C14H18ClO3P/c1-3-5-6-13-9-11-7-8-12(15)10-14(11)19(16,18-13)17-4-2/h7-10H,3-6H2,1-2H3. The Morgan fingerprint density at radius 1 is 1.37 bits per heavy atom. The molecule has 0 bridgehead atoms. The Hall–Kier alpha value is -0.760. The smallest absolute Gasteiger partial charge is 0.411 e. The Bertz CT molecular complexity index is 539. The van der Waals surface area contributed by atoms with Crippen molar-refractivity contribution in [2.45, 2.75) is 33.1 Å². The molecule has 0 aliphatic carbocycles. The van der Waals surface area contributed by atoms with Crippen LogP contribution in [0.2, 0.25) is 5.02 Å². The third-order valence-electron chi connectivity index (χ3n) is 2.92. The number of benzene rings is 1. The lowest BCUT2D eigenvalue weighted by Crippen LogP contribution is -2.17. The van der Waals surface area contributed by atoms with Gasteiger partial charge in [0.1, 0.15) is 5.76 Å². The highest BCUT2D eigenvalue weighted by Crippen LogP contribution is 2.53. The number of unbranched alkanes of at least 4 members (excludes halogenated alkanes) is 1. The van der Waals surface area contributed by atoms with Gasteiger partial charge in [0.25, 0.3) is 0 Å². The number of hydrogen-bond donors (Lipinski definition) is 0. The van der Waals surface area contributed by atoms with Crippen LogP contribution in [-0.2, 0) is 13.6 Å². The average molecular weight is 301 g/mol. The fourth-order valence-electron chi connectivity index (χ4n) is 2.01. The highest BCUT2D eigenvalue weighted by molar-refractivity contribution is 7.62. The molecule has 0 saturated carbocycles. The van der Waals surface area contributed by atoms with E-state index in [0.717, 1.165) is 30.6 Å². The topological polar surface area (TPSA) is 35.5 Å². The van der Waals surface area contributed by atoms with Gasteiger partial charge in [-0.3, -0.25) is 4.52 Å². The SMILES string of the molecule is CCCCC1=Cc2ccc(Cl)cc2P(=O)(OCC)O1. The summed E-state index contributed by atoms with van der Waals surface area (Å²) in [6.07, 6.45) is 4.76. The van der Waals surface area contributed by atoms with Crippen molar-refractivity contribution in [2.24, 2.45) is 0 Å². The van der Waals surface area contributed by atoms with Crippen LogP contribution >= 0.6 is 19.2 Å². The van der Waals surface area contributed by atoms with E-state index in [4.69, 9.17) is 20.6 Å². The van der Waals surface area contributed by atoms with Crippen LogP contribution in [0.15, 0.2) is 24.0 Å². The zero-order chi connectivity index (χ0) is 13.9. The molecule has 1 heterocycles. The summed E-state index contributed by atoms with van der Waals surface area (Å²) in [7, 11) is -3.28. The molecule has 1 aliphatic heterocycles. The second-order valence-corrected chi connectivity index (χ2v) is 6.78. The number of hydrogen-bond acceptors (Lipinski definition) is 3. The minimum absolute atomic E-state index is 0.338. The van der Waals surface area contributed by atoms with E-state index in [1.807, 2.05) is 12.1 Å². The maximum absolute atomic E-state index is 12.8. The van der Waals surface area contributed by atoms with Crippen LogP contribution < -0.4 is 5.30 Å². The van der Waals surface area contributed by atoms with E-state index in [-0.39, 0.29) is 0 Å². The molecule has 0 spiro atoms. The Kier molecular flexibility index (Phi) is 4.72. The van der Waals surface area contributed by atoms with Crippen LogP contribution in [0.4, 0.5) is 0 Å². The summed E-state index contributed by atoms with van der Waals surface area (Å²) in [5.74, 6) is 0.730. The van der Waals surface area contributed by atoms with Crippen molar-refractivity contribution < 1.29 is 13.6 Å². The van der Waals surface area contributed by atoms with Gasteiger partial charge in [-0.25, -0.2) is 4.57 Å². The molecule has 2 rings (SSSR count). The first-order valence-electron chi connectivity index (χ1n) is 6.54. The molecule has 0 fully saturated rings. The Labute approximate surface area is 119 Å². The van der Waals surface area contributed by atoms with Gasteiger partial charge in [-0.05, 0) is 37.1 Å². The van der Waals surface area contributed by atoms with Crippen molar-refractivity contribution in [3.05, 3.63) is 34.5 Å². The zero-order valence-electron chi connectivity index (χ0n) is 11.2. The summed E-state index contributed by atoms with van der Waals surface area (Å²) >= 11 is 5.97. The molecule has 1 atom stereocenters. The maximum Gasteiger partial charge on any atom is 0.411 e. The third kappa shape index (κ3) is 3.22. The zero-order valence-corrected chi connectivity index (χ0v) is 12.8. The lowest BCUT2D eigenvalue weighted by Gasteiger charge is -2.26. The molecule has 104 valence electrons. The molecule has 0 radical (unpaired) electrons.